The monoisotopic (exact) mass is 521 g/mol. The largest absolute Gasteiger partial charge is 0.481 e. The Hall–Kier alpha value is -3.40. The number of likely N-dealkylation sites (N-methyl/N-ethyl adjacent to an activating group) is 1. The number of carbonyl (C=O) groups excluding carboxylic acids is 2. The van der Waals surface area contributed by atoms with Gasteiger partial charge in [-0.2, -0.15) is 0 Å². The number of carboxylic acid groups (broad SMARTS) is 2. The molecular weight excluding hydrogens is 498 g/mol. The van der Waals surface area contributed by atoms with Crippen molar-refractivity contribution in [3.8, 4) is 0 Å². The Morgan fingerprint density at radius 2 is 1.11 bits per heavy atom. The van der Waals surface area contributed by atoms with Gasteiger partial charge in [0.15, 0.2) is 11.6 Å². The maximum absolute atomic E-state index is 12.3. The lowest BCUT2D eigenvalue weighted by Gasteiger charge is -2.00. The van der Waals surface area contributed by atoms with E-state index in [-0.39, 0.29) is 49.3 Å². The minimum Gasteiger partial charge on any atom is -0.481 e. The molecule has 36 heavy (non-hydrogen) atoms. The quantitative estimate of drug-likeness (QED) is 0.196. The van der Waals surface area contributed by atoms with Gasteiger partial charge in [0.1, 0.15) is 0 Å². The first-order chi connectivity index (χ1) is 17.2. The Morgan fingerprint density at radius 1 is 0.694 bits per heavy atom. The van der Waals surface area contributed by atoms with Crippen LogP contribution in [0.5, 0.6) is 0 Å². The summed E-state index contributed by atoms with van der Waals surface area (Å²) < 4.78 is 2.01. The Kier molecular flexibility index (Phi) is 6.46. The van der Waals surface area contributed by atoms with Crippen molar-refractivity contribution in [3.05, 3.63) is 69.4 Å². The van der Waals surface area contributed by atoms with Crippen LogP contribution in [0.2, 0.25) is 0 Å². The van der Waals surface area contributed by atoms with E-state index in [1.54, 1.807) is 0 Å². The number of aliphatic carboxylic acids is 2. The number of carboxylic acids is 2. The van der Waals surface area contributed by atoms with E-state index < -0.39 is 11.9 Å². The standard InChI is InChI=1S/C27H23NO6S2/c1-28-26(16-4-2-14-10-22(35-20(14)12-16)18(29)6-8-24(31)32)27(28)17-5-3-15-11-23(36-21(15)13-17)19(30)7-9-25(33)34/h2-5,10-13,26-27H,6-9H2,1H3,(H,31,32)(H,33,34). The number of fused-ring (bicyclic) bond motifs is 2. The van der Waals surface area contributed by atoms with E-state index in [9.17, 15) is 19.2 Å². The second-order valence-corrected chi connectivity index (χ2v) is 11.2. The highest BCUT2D eigenvalue weighted by Gasteiger charge is 2.46. The fourth-order valence-corrected chi connectivity index (χ4v) is 6.76. The Morgan fingerprint density at radius 3 is 1.50 bits per heavy atom. The van der Waals surface area contributed by atoms with Crippen LogP contribution in [0.15, 0.2) is 48.5 Å². The van der Waals surface area contributed by atoms with Gasteiger partial charge >= 0.3 is 11.9 Å². The molecule has 0 amide bonds. The molecule has 9 heteroatoms. The van der Waals surface area contributed by atoms with Crippen molar-refractivity contribution >= 4 is 66.4 Å². The lowest BCUT2D eigenvalue weighted by molar-refractivity contribution is -0.137. The molecule has 3 heterocycles. The number of carbonyl (C=O) groups is 4. The number of thiophene rings is 2. The van der Waals surface area contributed by atoms with Crippen LogP contribution < -0.4 is 0 Å². The Labute approximate surface area is 214 Å². The van der Waals surface area contributed by atoms with Gasteiger partial charge in [-0.25, -0.2) is 0 Å². The van der Waals surface area contributed by atoms with Crippen molar-refractivity contribution in [1.82, 2.24) is 4.90 Å². The van der Waals surface area contributed by atoms with Gasteiger partial charge < -0.3 is 10.2 Å². The zero-order chi connectivity index (χ0) is 25.6. The van der Waals surface area contributed by atoms with Crippen molar-refractivity contribution < 1.29 is 29.4 Å². The molecule has 0 saturated carbocycles. The highest BCUT2D eigenvalue weighted by molar-refractivity contribution is 7.21. The van der Waals surface area contributed by atoms with Gasteiger partial charge in [-0.3, -0.25) is 24.1 Å². The topological polar surface area (TPSA) is 112 Å². The van der Waals surface area contributed by atoms with Gasteiger partial charge in [-0.1, -0.05) is 24.3 Å². The van der Waals surface area contributed by atoms with E-state index in [1.165, 1.54) is 22.7 Å². The number of Topliss-reactive ketones (excluding diaryl/α,β-unsaturated/α-hetero) is 2. The molecule has 0 aliphatic carbocycles. The minimum absolute atomic E-state index is 0.000513. The lowest BCUT2D eigenvalue weighted by Crippen LogP contribution is -2.01. The van der Waals surface area contributed by atoms with Gasteiger partial charge in [0, 0.05) is 22.2 Å². The molecule has 184 valence electrons. The van der Waals surface area contributed by atoms with Gasteiger partial charge in [-0.05, 0) is 53.2 Å². The number of ketones is 2. The molecule has 1 aliphatic heterocycles. The molecule has 0 spiro atoms. The van der Waals surface area contributed by atoms with Crippen molar-refractivity contribution in [2.75, 3.05) is 7.05 Å². The highest BCUT2D eigenvalue weighted by atomic mass is 32.1. The fraction of sp³-hybridized carbons (Fsp3) is 0.259. The SMILES string of the molecule is CN1C(c2ccc3cc(C(=O)CCC(=O)O)sc3c2)C1c1ccc2cc(C(=O)CCC(=O)O)sc2c1. The molecule has 7 nitrogen and oxygen atoms in total. The fourth-order valence-electron chi connectivity index (χ4n) is 4.60. The first-order valence-corrected chi connectivity index (χ1v) is 13.1. The van der Waals surface area contributed by atoms with Crippen LogP contribution in [0, 0.1) is 0 Å². The van der Waals surface area contributed by atoms with Crippen LogP contribution in [0.4, 0.5) is 0 Å². The molecule has 5 rings (SSSR count). The second kappa shape index (κ2) is 9.57. The summed E-state index contributed by atoms with van der Waals surface area (Å²) in [4.78, 5) is 49.7. The summed E-state index contributed by atoms with van der Waals surface area (Å²) in [6, 6.07) is 16.4. The summed E-state index contributed by atoms with van der Waals surface area (Å²) in [6.07, 6.45) is -0.333. The molecule has 2 aromatic heterocycles. The molecule has 2 atom stereocenters. The third kappa shape index (κ3) is 4.82. The molecule has 1 saturated heterocycles. The first kappa shape index (κ1) is 24.3. The molecule has 0 bridgehead atoms. The zero-order valence-corrected chi connectivity index (χ0v) is 21.0. The number of rotatable bonds is 10. The summed E-state index contributed by atoms with van der Waals surface area (Å²) in [5, 5.41) is 19.6. The number of hydrogen-bond acceptors (Lipinski definition) is 7. The predicted octanol–water partition coefficient (Wildman–Crippen LogP) is 5.94. The molecule has 1 aliphatic rings. The van der Waals surface area contributed by atoms with Crippen molar-refractivity contribution in [1.29, 1.82) is 0 Å². The van der Waals surface area contributed by atoms with Crippen LogP contribution in [0.1, 0.15) is 68.2 Å². The average Bonchev–Trinajstić information content (AvgIpc) is 3.18. The molecular formula is C27H23NO6S2. The lowest BCUT2D eigenvalue weighted by atomic mass is 10.0. The number of hydrogen-bond donors (Lipinski definition) is 2. The summed E-state index contributed by atoms with van der Waals surface area (Å²) >= 11 is 2.80. The van der Waals surface area contributed by atoms with Crippen LogP contribution in [-0.2, 0) is 9.59 Å². The molecule has 0 radical (unpaired) electrons. The van der Waals surface area contributed by atoms with Crippen LogP contribution >= 0.6 is 22.7 Å². The summed E-state index contributed by atoms with van der Waals surface area (Å²) in [5.74, 6) is -2.24. The van der Waals surface area contributed by atoms with Crippen molar-refractivity contribution in [2.24, 2.45) is 0 Å². The maximum atomic E-state index is 12.3. The van der Waals surface area contributed by atoms with Crippen molar-refractivity contribution in [2.45, 2.75) is 37.8 Å². The van der Waals surface area contributed by atoms with E-state index >= 15 is 0 Å². The summed E-state index contributed by atoms with van der Waals surface area (Å²) in [5.41, 5.74) is 2.30. The Bertz CT molecular complexity index is 1420. The third-order valence-electron chi connectivity index (χ3n) is 6.54. The average molecular weight is 522 g/mol. The van der Waals surface area contributed by atoms with E-state index in [4.69, 9.17) is 10.2 Å². The molecule has 2 unspecified atom stereocenters. The van der Waals surface area contributed by atoms with E-state index in [2.05, 4.69) is 36.2 Å². The van der Waals surface area contributed by atoms with Gasteiger partial charge in [-0.15, -0.1) is 22.7 Å². The highest BCUT2D eigenvalue weighted by Crippen LogP contribution is 2.54. The van der Waals surface area contributed by atoms with Crippen molar-refractivity contribution in [3.63, 3.8) is 0 Å². The van der Waals surface area contributed by atoms with E-state index in [0.717, 1.165) is 31.3 Å². The minimum atomic E-state index is -0.976. The molecule has 2 aromatic carbocycles. The van der Waals surface area contributed by atoms with Crippen LogP contribution in [0.25, 0.3) is 20.2 Å². The summed E-state index contributed by atoms with van der Waals surface area (Å²) in [6.45, 7) is 0. The maximum Gasteiger partial charge on any atom is 0.303 e. The smallest absolute Gasteiger partial charge is 0.303 e. The molecule has 4 aromatic rings. The Balaban J connectivity index is 1.34. The van der Waals surface area contributed by atoms with Gasteiger partial charge in [0.25, 0.3) is 0 Å². The van der Waals surface area contributed by atoms with Gasteiger partial charge in [0.05, 0.1) is 34.7 Å². The van der Waals surface area contributed by atoms with E-state index in [0.29, 0.717) is 9.75 Å². The van der Waals surface area contributed by atoms with E-state index in [1.807, 2.05) is 24.3 Å². The van der Waals surface area contributed by atoms with Crippen LogP contribution in [0.3, 0.4) is 0 Å². The molecule has 1 fully saturated rings. The zero-order valence-electron chi connectivity index (χ0n) is 19.4. The van der Waals surface area contributed by atoms with Gasteiger partial charge in [0.2, 0.25) is 0 Å². The summed E-state index contributed by atoms with van der Waals surface area (Å²) in [7, 11) is 2.06. The number of nitrogens with zero attached hydrogens (tertiary/aromatic N) is 1. The third-order valence-corrected chi connectivity index (χ3v) is 8.82. The normalized spacial score (nSPS) is 19.0. The molecule has 2 N–H and O–H groups in total. The number of benzene rings is 2. The van der Waals surface area contributed by atoms with Crippen LogP contribution in [-0.4, -0.2) is 45.7 Å². The second-order valence-electron chi connectivity index (χ2n) is 9.00. The first-order valence-electron chi connectivity index (χ1n) is 11.5. The predicted molar refractivity (Wildman–Crippen MR) is 139 cm³/mol.